The van der Waals surface area contributed by atoms with Crippen molar-refractivity contribution in [2.45, 2.75) is 69.8 Å². The minimum absolute atomic E-state index is 0.305. The number of alkyl halides is 9. The van der Waals surface area contributed by atoms with E-state index in [1.165, 1.54) is 12.1 Å². The fraction of sp³-hybridized carbons (Fsp3) is 0.520. The number of carboxylic acid groups (broad SMARTS) is 2. The molecule has 1 heterocycles. The van der Waals surface area contributed by atoms with Gasteiger partial charge in [0.05, 0.1) is 5.56 Å². The number of anilines is 2. The molecule has 0 radical (unpaired) electrons. The van der Waals surface area contributed by atoms with Gasteiger partial charge in [0.1, 0.15) is 5.82 Å². The Kier molecular flexibility index (Phi) is 13.5. The minimum atomic E-state index is -5.08. The standard InChI is InChI=1S/C21H28F3N5.2C2HF3O2/c1-14-12-26-20(28-19(14)29(2)3)27-18-9-7-17(8-10-18)25-13-15-5-4-6-16(11-15)21(22,23)24;2*3-2(4,5)1(6)7/h4-6,11-12,17-18,25H,7-10,13H2,1-3H3,(H,26,27,28);2*(H,6,7). The molecule has 1 saturated carbocycles. The van der Waals surface area contributed by atoms with Crippen LogP contribution in [0.15, 0.2) is 30.5 Å². The second-order valence-corrected chi connectivity index (χ2v) is 9.47. The molecule has 3 rings (SSSR count). The average Bonchev–Trinajstić information content (AvgIpc) is 2.88. The number of hydrogen-bond donors (Lipinski definition) is 4. The quantitative estimate of drug-likeness (QED) is 0.298. The highest BCUT2D eigenvalue weighted by molar-refractivity contribution is 5.73. The summed E-state index contributed by atoms with van der Waals surface area (Å²) in [5, 5.41) is 21.1. The van der Waals surface area contributed by atoms with E-state index >= 15 is 0 Å². The maximum absolute atomic E-state index is 12.8. The fourth-order valence-electron chi connectivity index (χ4n) is 3.70. The number of rotatable bonds is 6. The van der Waals surface area contributed by atoms with Gasteiger partial charge in [-0.15, -0.1) is 0 Å². The number of nitrogens with one attached hydrogen (secondary N) is 2. The molecule has 4 N–H and O–H groups in total. The van der Waals surface area contributed by atoms with Crippen molar-refractivity contribution in [1.29, 1.82) is 0 Å². The zero-order valence-electron chi connectivity index (χ0n) is 23.0. The molecule has 0 saturated heterocycles. The van der Waals surface area contributed by atoms with Crippen molar-refractivity contribution >= 4 is 23.7 Å². The Morgan fingerprint density at radius 1 is 0.907 bits per heavy atom. The molecular formula is C25H30F9N5O4. The van der Waals surface area contributed by atoms with Crippen LogP contribution in [-0.2, 0) is 22.3 Å². The topological polar surface area (TPSA) is 128 Å². The van der Waals surface area contributed by atoms with Gasteiger partial charge in [0, 0.05) is 44.5 Å². The van der Waals surface area contributed by atoms with E-state index in [1.807, 2.05) is 32.1 Å². The number of halogens is 9. The molecule has 18 heteroatoms. The Morgan fingerprint density at radius 3 is 1.84 bits per heavy atom. The summed E-state index contributed by atoms with van der Waals surface area (Å²) < 4.78 is 102. The predicted octanol–water partition coefficient (Wildman–Crippen LogP) is 5.65. The van der Waals surface area contributed by atoms with Gasteiger partial charge in [-0.25, -0.2) is 14.6 Å². The first-order chi connectivity index (χ1) is 19.6. The van der Waals surface area contributed by atoms with Crippen molar-refractivity contribution in [2.24, 2.45) is 0 Å². The first-order valence-corrected chi connectivity index (χ1v) is 12.4. The summed E-state index contributed by atoms with van der Waals surface area (Å²) in [4.78, 5) is 28.7. The van der Waals surface area contributed by atoms with Crippen LogP contribution >= 0.6 is 0 Å². The molecular weight excluding hydrogens is 605 g/mol. The van der Waals surface area contributed by atoms with Gasteiger partial charge in [0.25, 0.3) is 0 Å². The molecule has 1 aromatic carbocycles. The summed E-state index contributed by atoms with van der Waals surface area (Å²) in [6.45, 7) is 2.43. The average molecular weight is 636 g/mol. The van der Waals surface area contributed by atoms with Gasteiger partial charge < -0.3 is 25.7 Å². The van der Waals surface area contributed by atoms with Gasteiger partial charge in [-0.05, 0) is 44.2 Å². The van der Waals surface area contributed by atoms with Crippen molar-refractivity contribution in [3.05, 3.63) is 47.2 Å². The number of aryl methyl sites for hydroxylation is 1. The zero-order chi connectivity index (χ0) is 33.2. The number of carbonyl (C=O) groups is 2. The smallest absolute Gasteiger partial charge is 0.475 e. The molecule has 9 nitrogen and oxygen atoms in total. The maximum atomic E-state index is 12.8. The van der Waals surface area contributed by atoms with E-state index in [2.05, 4.69) is 20.6 Å². The second-order valence-electron chi connectivity index (χ2n) is 9.47. The summed E-state index contributed by atoms with van der Waals surface area (Å²) in [5.74, 6) is -3.97. The van der Waals surface area contributed by atoms with Crippen LogP contribution in [0.25, 0.3) is 0 Å². The van der Waals surface area contributed by atoms with Crippen LogP contribution in [0.3, 0.4) is 0 Å². The lowest BCUT2D eigenvalue weighted by atomic mass is 9.91. The van der Waals surface area contributed by atoms with Crippen LogP contribution in [-0.4, -0.2) is 70.7 Å². The molecule has 1 aromatic heterocycles. The summed E-state index contributed by atoms with van der Waals surface area (Å²) in [5.41, 5.74) is 1.09. The van der Waals surface area contributed by atoms with Gasteiger partial charge in [-0.2, -0.15) is 44.5 Å². The number of benzene rings is 1. The molecule has 1 fully saturated rings. The maximum Gasteiger partial charge on any atom is 0.490 e. The SMILES string of the molecule is Cc1cnc(NC2CCC(NCc3cccc(C(F)(F)F)c3)CC2)nc1N(C)C.O=C(O)C(F)(F)F.O=C(O)C(F)(F)F. The first kappa shape index (κ1) is 37.2. The second kappa shape index (κ2) is 15.6. The Hall–Kier alpha value is -3.83. The molecule has 1 aliphatic rings. The van der Waals surface area contributed by atoms with E-state index in [0.29, 0.717) is 30.1 Å². The van der Waals surface area contributed by atoms with Crippen molar-refractivity contribution in [2.75, 3.05) is 24.3 Å². The van der Waals surface area contributed by atoms with Gasteiger partial charge in [0.15, 0.2) is 0 Å². The predicted molar refractivity (Wildman–Crippen MR) is 136 cm³/mol. The molecule has 0 amide bonds. The Labute approximate surface area is 240 Å². The molecule has 2 aromatic rings. The van der Waals surface area contributed by atoms with Crippen LogP contribution in [0.5, 0.6) is 0 Å². The summed E-state index contributed by atoms with van der Waals surface area (Å²) in [6.07, 6.45) is -8.78. The van der Waals surface area contributed by atoms with Crippen molar-refractivity contribution in [3.8, 4) is 0 Å². The summed E-state index contributed by atoms with van der Waals surface area (Å²) in [6, 6.07) is 6.13. The molecule has 43 heavy (non-hydrogen) atoms. The Bertz CT molecular complexity index is 1170. The summed E-state index contributed by atoms with van der Waals surface area (Å²) in [7, 11) is 3.92. The van der Waals surface area contributed by atoms with E-state index < -0.39 is 36.0 Å². The zero-order valence-corrected chi connectivity index (χ0v) is 23.0. The highest BCUT2D eigenvalue weighted by Crippen LogP contribution is 2.30. The number of carboxylic acids is 2. The van der Waals surface area contributed by atoms with E-state index in [9.17, 15) is 39.5 Å². The van der Waals surface area contributed by atoms with Crippen molar-refractivity contribution in [1.82, 2.24) is 15.3 Å². The molecule has 0 spiro atoms. The van der Waals surface area contributed by atoms with Crippen molar-refractivity contribution < 1.29 is 59.3 Å². The van der Waals surface area contributed by atoms with Crippen LogP contribution in [0.1, 0.15) is 42.4 Å². The van der Waals surface area contributed by atoms with Crippen LogP contribution in [0.2, 0.25) is 0 Å². The Morgan fingerprint density at radius 2 is 1.40 bits per heavy atom. The number of hydrogen-bond acceptors (Lipinski definition) is 7. The fourth-order valence-corrected chi connectivity index (χ4v) is 3.70. The van der Waals surface area contributed by atoms with E-state index in [-0.39, 0.29) is 0 Å². The number of aromatic nitrogens is 2. The number of nitrogens with zero attached hydrogens (tertiary/aromatic N) is 3. The first-order valence-electron chi connectivity index (χ1n) is 12.4. The third kappa shape index (κ3) is 13.8. The highest BCUT2D eigenvalue weighted by atomic mass is 19.4. The largest absolute Gasteiger partial charge is 0.490 e. The highest BCUT2D eigenvalue weighted by Gasteiger charge is 2.39. The molecule has 0 aliphatic heterocycles. The third-order valence-electron chi connectivity index (χ3n) is 5.76. The minimum Gasteiger partial charge on any atom is -0.475 e. The summed E-state index contributed by atoms with van der Waals surface area (Å²) >= 11 is 0. The molecule has 1 aliphatic carbocycles. The van der Waals surface area contributed by atoms with Crippen LogP contribution in [0, 0.1) is 6.92 Å². The third-order valence-corrected chi connectivity index (χ3v) is 5.76. The Balaban J connectivity index is 0.000000548. The van der Waals surface area contributed by atoms with E-state index in [4.69, 9.17) is 19.8 Å². The molecule has 0 bridgehead atoms. The van der Waals surface area contributed by atoms with Crippen LogP contribution in [0.4, 0.5) is 51.3 Å². The number of aliphatic carboxylic acids is 2. The van der Waals surface area contributed by atoms with Gasteiger partial charge >= 0.3 is 30.5 Å². The van der Waals surface area contributed by atoms with Gasteiger partial charge in [-0.3, -0.25) is 0 Å². The van der Waals surface area contributed by atoms with Crippen LogP contribution < -0.4 is 15.5 Å². The lowest BCUT2D eigenvalue weighted by Gasteiger charge is -2.30. The monoisotopic (exact) mass is 635 g/mol. The van der Waals surface area contributed by atoms with Gasteiger partial charge in [-0.1, -0.05) is 18.2 Å². The van der Waals surface area contributed by atoms with E-state index in [1.54, 1.807) is 6.07 Å². The normalized spacial score (nSPS) is 17.0. The van der Waals surface area contributed by atoms with Gasteiger partial charge in [0.2, 0.25) is 5.95 Å². The van der Waals surface area contributed by atoms with E-state index in [0.717, 1.165) is 43.1 Å². The molecule has 0 atom stereocenters. The molecule has 242 valence electrons. The molecule has 0 unspecified atom stereocenters. The lowest BCUT2D eigenvalue weighted by Crippen LogP contribution is -2.37. The lowest BCUT2D eigenvalue weighted by molar-refractivity contribution is -0.193. The van der Waals surface area contributed by atoms with Crippen molar-refractivity contribution in [3.63, 3.8) is 0 Å².